The largest absolute Gasteiger partial charge is 0.481 e. The van der Waals surface area contributed by atoms with Crippen LogP contribution in [0.3, 0.4) is 0 Å². The Kier molecular flexibility index (Phi) is 5.26. The zero-order chi connectivity index (χ0) is 17.1. The molecule has 6 nitrogen and oxygen atoms in total. The SMILES string of the molecule is CN(CCC(=O)O)C(=O)C1CC(=O)N(C)C1c1cccc(Cl)c1. The minimum absolute atomic E-state index is 0.111. The molecule has 1 saturated heterocycles. The molecule has 0 aliphatic carbocycles. The van der Waals surface area contributed by atoms with E-state index < -0.39 is 11.9 Å². The highest BCUT2D eigenvalue weighted by atomic mass is 35.5. The lowest BCUT2D eigenvalue weighted by atomic mass is 9.92. The van der Waals surface area contributed by atoms with Gasteiger partial charge < -0.3 is 14.9 Å². The van der Waals surface area contributed by atoms with Crippen LogP contribution in [0.5, 0.6) is 0 Å². The molecular weight excluding hydrogens is 320 g/mol. The second-order valence-electron chi connectivity index (χ2n) is 5.72. The van der Waals surface area contributed by atoms with Crippen LogP contribution in [0.15, 0.2) is 24.3 Å². The average Bonchev–Trinajstić information content (AvgIpc) is 2.79. The van der Waals surface area contributed by atoms with Crippen LogP contribution >= 0.6 is 11.6 Å². The van der Waals surface area contributed by atoms with E-state index in [-0.39, 0.29) is 37.2 Å². The van der Waals surface area contributed by atoms with Gasteiger partial charge >= 0.3 is 5.97 Å². The standard InChI is InChI=1S/C16H19ClN2O4/c1-18(7-6-14(21)22)16(23)12-9-13(20)19(2)15(12)10-4-3-5-11(17)8-10/h3-5,8,12,15H,6-7,9H2,1-2H3,(H,21,22). The molecule has 2 unspecified atom stereocenters. The first-order chi connectivity index (χ1) is 10.8. The number of aliphatic carboxylic acids is 1. The quantitative estimate of drug-likeness (QED) is 0.888. The smallest absolute Gasteiger partial charge is 0.305 e. The Balaban J connectivity index is 2.23. The van der Waals surface area contributed by atoms with Crippen molar-refractivity contribution in [3.05, 3.63) is 34.9 Å². The minimum Gasteiger partial charge on any atom is -0.481 e. The molecule has 1 aromatic rings. The Morgan fingerprint density at radius 3 is 2.74 bits per heavy atom. The number of benzene rings is 1. The first-order valence-corrected chi connectivity index (χ1v) is 7.67. The summed E-state index contributed by atoms with van der Waals surface area (Å²) in [7, 11) is 3.22. The second-order valence-corrected chi connectivity index (χ2v) is 6.16. The summed E-state index contributed by atoms with van der Waals surface area (Å²) in [6.45, 7) is 0.116. The maximum atomic E-state index is 12.6. The predicted octanol–water partition coefficient (Wildman–Crippen LogP) is 1.79. The van der Waals surface area contributed by atoms with Crippen molar-refractivity contribution >= 4 is 29.4 Å². The molecule has 0 radical (unpaired) electrons. The molecule has 1 heterocycles. The molecule has 124 valence electrons. The Morgan fingerprint density at radius 1 is 1.43 bits per heavy atom. The Hall–Kier alpha value is -2.08. The molecule has 0 aromatic heterocycles. The minimum atomic E-state index is -0.962. The van der Waals surface area contributed by atoms with E-state index in [1.54, 1.807) is 37.2 Å². The third-order valence-corrected chi connectivity index (χ3v) is 4.37. The van der Waals surface area contributed by atoms with Crippen LogP contribution in [0, 0.1) is 5.92 Å². The van der Waals surface area contributed by atoms with Crippen LogP contribution < -0.4 is 0 Å². The van der Waals surface area contributed by atoms with Gasteiger partial charge in [-0.3, -0.25) is 14.4 Å². The van der Waals surface area contributed by atoms with E-state index in [1.165, 1.54) is 4.90 Å². The van der Waals surface area contributed by atoms with Crippen molar-refractivity contribution in [2.24, 2.45) is 5.92 Å². The number of hydrogen-bond donors (Lipinski definition) is 1. The van der Waals surface area contributed by atoms with E-state index >= 15 is 0 Å². The van der Waals surface area contributed by atoms with Crippen molar-refractivity contribution in [2.75, 3.05) is 20.6 Å². The molecule has 2 atom stereocenters. The molecule has 1 aliphatic rings. The summed E-state index contributed by atoms with van der Waals surface area (Å²) in [5.74, 6) is -1.84. The van der Waals surface area contributed by atoms with Crippen molar-refractivity contribution in [3.8, 4) is 0 Å². The van der Waals surface area contributed by atoms with Crippen LogP contribution in [0.1, 0.15) is 24.4 Å². The van der Waals surface area contributed by atoms with Gasteiger partial charge in [-0.2, -0.15) is 0 Å². The highest BCUT2D eigenvalue weighted by Gasteiger charge is 2.43. The fourth-order valence-electron chi connectivity index (χ4n) is 2.89. The maximum Gasteiger partial charge on any atom is 0.305 e. The maximum absolute atomic E-state index is 12.6. The summed E-state index contributed by atoms with van der Waals surface area (Å²) in [6, 6.07) is 6.71. The number of likely N-dealkylation sites (tertiary alicyclic amines) is 1. The van der Waals surface area contributed by atoms with Crippen LogP contribution in [0.25, 0.3) is 0 Å². The van der Waals surface area contributed by atoms with E-state index in [4.69, 9.17) is 16.7 Å². The summed E-state index contributed by atoms with van der Waals surface area (Å²) >= 11 is 6.02. The molecule has 1 aliphatic heterocycles. The van der Waals surface area contributed by atoms with Crippen molar-refractivity contribution in [2.45, 2.75) is 18.9 Å². The fourth-order valence-corrected chi connectivity index (χ4v) is 3.09. The van der Waals surface area contributed by atoms with Gasteiger partial charge in [0.05, 0.1) is 18.4 Å². The van der Waals surface area contributed by atoms with E-state index in [1.807, 2.05) is 6.07 Å². The van der Waals surface area contributed by atoms with E-state index in [2.05, 4.69) is 0 Å². The van der Waals surface area contributed by atoms with Gasteiger partial charge in [0.2, 0.25) is 11.8 Å². The van der Waals surface area contributed by atoms with Gasteiger partial charge in [0.1, 0.15) is 0 Å². The molecule has 1 aromatic carbocycles. The summed E-state index contributed by atoms with van der Waals surface area (Å²) < 4.78 is 0. The van der Waals surface area contributed by atoms with Gasteiger partial charge in [0.15, 0.2) is 0 Å². The Bertz CT molecular complexity index is 634. The number of carboxylic acids is 1. The molecule has 23 heavy (non-hydrogen) atoms. The number of halogens is 1. The number of carboxylic acid groups (broad SMARTS) is 1. The van der Waals surface area contributed by atoms with Crippen LogP contribution in [-0.4, -0.2) is 53.3 Å². The average molecular weight is 339 g/mol. The number of carbonyl (C=O) groups is 3. The molecule has 0 spiro atoms. The number of hydrogen-bond acceptors (Lipinski definition) is 3. The number of amides is 2. The predicted molar refractivity (Wildman–Crippen MR) is 85.0 cm³/mol. The number of rotatable bonds is 5. The van der Waals surface area contributed by atoms with E-state index in [9.17, 15) is 14.4 Å². The lowest BCUT2D eigenvalue weighted by molar-refractivity contribution is -0.139. The topological polar surface area (TPSA) is 77.9 Å². The second kappa shape index (κ2) is 7.00. The van der Waals surface area contributed by atoms with Gasteiger partial charge in [-0.1, -0.05) is 23.7 Å². The molecule has 0 bridgehead atoms. The molecular formula is C16H19ClN2O4. The van der Waals surface area contributed by atoms with Crippen LogP contribution in [0.2, 0.25) is 5.02 Å². The molecule has 1 N–H and O–H groups in total. The van der Waals surface area contributed by atoms with E-state index in [0.717, 1.165) is 5.56 Å². The summed E-state index contributed by atoms with van der Waals surface area (Å²) in [4.78, 5) is 38.3. The third-order valence-electron chi connectivity index (χ3n) is 4.13. The molecule has 2 rings (SSSR count). The fraction of sp³-hybridized carbons (Fsp3) is 0.438. The van der Waals surface area contributed by atoms with Crippen molar-refractivity contribution in [1.82, 2.24) is 9.80 Å². The van der Waals surface area contributed by atoms with Crippen molar-refractivity contribution in [3.63, 3.8) is 0 Å². The summed E-state index contributed by atoms with van der Waals surface area (Å²) in [5.41, 5.74) is 0.802. The molecule has 0 saturated carbocycles. The molecule has 2 amide bonds. The lowest BCUT2D eigenvalue weighted by Gasteiger charge is -2.28. The number of carbonyl (C=O) groups excluding carboxylic acids is 2. The first kappa shape index (κ1) is 17.3. The van der Waals surface area contributed by atoms with Crippen molar-refractivity contribution < 1.29 is 19.5 Å². The van der Waals surface area contributed by atoms with E-state index in [0.29, 0.717) is 5.02 Å². The Labute approximate surface area is 139 Å². The van der Waals surface area contributed by atoms with Crippen molar-refractivity contribution in [1.29, 1.82) is 0 Å². The zero-order valence-corrected chi connectivity index (χ0v) is 13.8. The van der Waals surface area contributed by atoms with Gasteiger partial charge in [-0.25, -0.2) is 0 Å². The Morgan fingerprint density at radius 2 is 2.13 bits per heavy atom. The summed E-state index contributed by atoms with van der Waals surface area (Å²) in [6.07, 6.45) is -0.00942. The highest BCUT2D eigenvalue weighted by molar-refractivity contribution is 6.30. The van der Waals surface area contributed by atoms with Gasteiger partial charge in [-0.15, -0.1) is 0 Å². The first-order valence-electron chi connectivity index (χ1n) is 7.29. The monoisotopic (exact) mass is 338 g/mol. The molecule has 7 heteroatoms. The third kappa shape index (κ3) is 3.82. The van der Waals surface area contributed by atoms with Gasteiger partial charge in [0.25, 0.3) is 0 Å². The molecule has 1 fully saturated rings. The van der Waals surface area contributed by atoms with Gasteiger partial charge in [0, 0.05) is 32.1 Å². The van der Waals surface area contributed by atoms with Crippen LogP contribution in [-0.2, 0) is 14.4 Å². The summed E-state index contributed by atoms with van der Waals surface area (Å²) in [5, 5.41) is 9.28. The normalized spacial score (nSPS) is 20.7. The van der Waals surface area contributed by atoms with Crippen LogP contribution in [0.4, 0.5) is 0 Å². The zero-order valence-electron chi connectivity index (χ0n) is 13.0. The van der Waals surface area contributed by atoms with Gasteiger partial charge in [-0.05, 0) is 17.7 Å². The number of nitrogens with zero attached hydrogens (tertiary/aromatic N) is 2. The highest BCUT2D eigenvalue weighted by Crippen LogP contribution is 2.38. The lowest BCUT2D eigenvalue weighted by Crippen LogP contribution is -2.37.